The minimum absolute atomic E-state index is 0.0420. The zero-order valence-electron chi connectivity index (χ0n) is 17.0. The highest BCUT2D eigenvalue weighted by molar-refractivity contribution is 7.12. The van der Waals surface area contributed by atoms with E-state index in [-0.39, 0.29) is 23.5 Å². The number of esters is 1. The largest absolute Gasteiger partial charge is 0.573 e. The molecule has 1 heterocycles. The van der Waals surface area contributed by atoms with Crippen LogP contribution in [0.4, 0.5) is 13.2 Å². The molecule has 0 spiro atoms. The third-order valence-corrected chi connectivity index (χ3v) is 6.19. The molecule has 2 aromatic rings. The number of alkyl halides is 3. The number of carbonyl (C=O) groups excluding carboxylic acids is 2. The maximum absolute atomic E-state index is 12.5. The molecule has 1 aliphatic rings. The number of halogens is 3. The van der Waals surface area contributed by atoms with Crippen LogP contribution in [0, 0.1) is 11.8 Å². The Hall–Kier alpha value is -2.55. The van der Waals surface area contributed by atoms with Gasteiger partial charge in [0.2, 0.25) is 0 Å². The SMILES string of the molecule is CCOC(=O)[C@H]1CC[C@H](CNC(=O)c2cc(-c3ccc(OC(F)(F)F)cc3)cs2)CC1. The lowest BCUT2D eigenvalue weighted by molar-refractivity contribution is -0.274. The first-order valence-electron chi connectivity index (χ1n) is 10.1. The first-order chi connectivity index (χ1) is 14.7. The number of thiophene rings is 1. The molecule has 1 aromatic heterocycles. The van der Waals surface area contributed by atoms with Crippen molar-refractivity contribution in [2.45, 2.75) is 39.0 Å². The monoisotopic (exact) mass is 455 g/mol. The summed E-state index contributed by atoms with van der Waals surface area (Å²) >= 11 is 1.28. The Morgan fingerprint density at radius 2 is 1.77 bits per heavy atom. The predicted molar refractivity (Wildman–Crippen MR) is 111 cm³/mol. The van der Waals surface area contributed by atoms with Crippen LogP contribution in [0.25, 0.3) is 11.1 Å². The Kier molecular flexibility index (Phi) is 7.59. The van der Waals surface area contributed by atoms with E-state index in [4.69, 9.17) is 4.74 Å². The van der Waals surface area contributed by atoms with Gasteiger partial charge in [0.1, 0.15) is 5.75 Å². The summed E-state index contributed by atoms with van der Waals surface area (Å²) < 4.78 is 45.7. The number of carbonyl (C=O) groups is 2. The molecule has 9 heteroatoms. The lowest BCUT2D eigenvalue weighted by Crippen LogP contribution is -2.32. The summed E-state index contributed by atoms with van der Waals surface area (Å²) in [6.07, 6.45) is -1.45. The predicted octanol–water partition coefficient (Wildman–Crippen LogP) is 5.41. The molecule has 0 unspecified atom stereocenters. The van der Waals surface area contributed by atoms with Crippen molar-refractivity contribution in [2.75, 3.05) is 13.2 Å². The highest BCUT2D eigenvalue weighted by Gasteiger charge is 2.31. The molecule has 31 heavy (non-hydrogen) atoms. The van der Waals surface area contributed by atoms with Gasteiger partial charge in [-0.05, 0) is 73.2 Å². The molecule has 0 saturated heterocycles. The number of hydrogen-bond donors (Lipinski definition) is 1. The molecule has 0 aliphatic heterocycles. The van der Waals surface area contributed by atoms with Crippen LogP contribution in [0.15, 0.2) is 35.7 Å². The van der Waals surface area contributed by atoms with Gasteiger partial charge in [-0.25, -0.2) is 0 Å². The average Bonchev–Trinajstić information content (AvgIpc) is 3.22. The van der Waals surface area contributed by atoms with Crippen molar-refractivity contribution in [3.05, 3.63) is 40.6 Å². The number of hydrogen-bond acceptors (Lipinski definition) is 5. The maximum atomic E-state index is 12.5. The average molecular weight is 455 g/mol. The van der Waals surface area contributed by atoms with Crippen molar-refractivity contribution in [2.24, 2.45) is 11.8 Å². The summed E-state index contributed by atoms with van der Waals surface area (Å²) in [7, 11) is 0. The van der Waals surface area contributed by atoms with Crippen LogP contribution in [-0.4, -0.2) is 31.4 Å². The zero-order valence-corrected chi connectivity index (χ0v) is 17.9. The molecule has 1 saturated carbocycles. The van der Waals surface area contributed by atoms with Crippen LogP contribution >= 0.6 is 11.3 Å². The minimum Gasteiger partial charge on any atom is -0.466 e. The summed E-state index contributed by atoms with van der Waals surface area (Å²) in [4.78, 5) is 24.8. The van der Waals surface area contributed by atoms with Gasteiger partial charge in [-0.3, -0.25) is 9.59 Å². The van der Waals surface area contributed by atoms with Gasteiger partial charge >= 0.3 is 12.3 Å². The third kappa shape index (κ3) is 6.72. The van der Waals surface area contributed by atoms with Gasteiger partial charge in [0.15, 0.2) is 0 Å². The zero-order chi connectivity index (χ0) is 22.4. The van der Waals surface area contributed by atoms with Crippen LogP contribution < -0.4 is 10.1 Å². The molecule has 1 amide bonds. The Labute approximate surface area is 182 Å². The first kappa shape index (κ1) is 23.1. The number of benzene rings is 1. The summed E-state index contributed by atoms with van der Waals surface area (Å²) in [6, 6.07) is 7.25. The fraction of sp³-hybridized carbons (Fsp3) is 0.455. The number of nitrogens with one attached hydrogen (secondary N) is 1. The highest BCUT2D eigenvalue weighted by Crippen LogP contribution is 2.31. The van der Waals surface area contributed by atoms with E-state index in [9.17, 15) is 22.8 Å². The van der Waals surface area contributed by atoms with E-state index in [1.54, 1.807) is 18.4 Å². The Bertz CT molecular complexity index is 887. The molecule has 0 atom stereocenters. The highest BCUT2D eigenvalue weighted by atomic mass is 32.1. The van der Waals surface area contributed by atoms with Gasteiger partial charge in [-0.15, -0.1) is 24.5 Å². The van der Waals surface area contributed by atoms with Gasteiger partial charge in [-0.2, -0.15) is 0 Å². The Morgan fingerprint density at radius 1 is 1.10 bits per heavy atom. The minimum atomic E-state index is -4.73. The van der Waals surface area contributed by atoms with Crippen LogP contribution in [0.3, 0.4) is 0 Å². The van der Waals surface area contributed by atoms with E-state index in [0.717, 1.165) is 31.2 Å². The molecule has 1 fully saturated rings. The van der Waals surface area contributed by atoms with E-state index in [2.05, 4.69) is 10.1 Å². The van der Waals surface area contributed by atoms with Crippen LogP contribution in [-0.2, 0) is 9.53 Å². The maximum Gasteiger partial charge on any atom is 0.573 e. The lowest BCUT2D eigenvalue weighted by atomic mass is 9.82. The molecule has 168 valence electrons. The molecule has 0 radical (unpaired) electrons. The molecule has 0 bridgehead atoms. The van der Waals surface area contributed by atoms with Crippen LogP contribution in [0.1, 0.15) is 42.3 Å². The Balaban J connectivity index is 1.49. The van der Waals surface area contributed by atoms with Crippen molar-refractivity contribution in [3.63, 3.8) is 0 Å². The number of rotatable bonds is 7. The van der Waals surface area contributed by atoms with Gasteiger partial charge in [0.05, 0.1) is 17.4 Å². The molecular weight excluding hydrogens is 431 g/mol. The number of ether oxygens (including phenoxy) is 2. The molecule has 5 nitrogen and oxygen atoms in total. The topological polar surface area (TPSA) is 64.6 Å². The quantitative estimate of drug-likeness (QED) is 0.567. The summed E-state index contributed by atoms with van der Waals surface area (Å²) in [6.45, 7) is 2.74. The Morgan fingerprint density at radius 3 is 2.39 bits per heavy atom. The normalized spacial score (nSPS) is 19.0. The van der Waals surface area contributed by atoms with E-state index >= 15 is 0 Å². The van der Waals surface area contributed by atoms with E-state index in [1.165, 1.54) is 35.6 Å². The number of amides is 1. The van der Waals surface area contributed by atoms with Gasteiger partial charge in [0, 0.05) is 6.54 Å². The second-order valence-corrected chi connectivity index (χ2v) is 8.36. The molecule has 1 N–H and O–H groups in total. The van der Waals surface area contributed by atoms with Crippen molar-refractivity contribution >= 4 is 23.2 Å². The fourth-order valence-corrected chi connectivity index (χ4v) is 4.47. The fourth-order valence-electron chi connectivity index (χ4n) is 3.64. The second-order valence-electron chi connectivity index (χ2n) is 7.45. The molecule has 1 aliphatic carbocycles. The standard InChI is InChI=1S/C22H24F3NO4S/c1-2-29-21(28)16-5-3-14(4-6-16)12-26-20(27)19-11-17(13-31-19)15-7-9-18(10-8-15)30-22(23,24)25/h7-11,13-14,16H,2-6,12H2,1H3,(H,26,27)/t14-,16-. The first-order valence-corrected chi connectivity index (χ1v) is 11.0. The van der Waals surface area contributed by atoms with Crippen molar-refractivity contribution in [1.29, 1.82) is 0 Å². The van der Waals surface area contributed by atoms with E-state index < -0.39 is 6.36 Å². The lowest BCUT2D eigenvalue weighted by Gasteiger charge is -2.27. The molecular formula is C22H24F3NO4S. The van der Waals surface area contributed by atoms with Gasteiger partial charge < -0.3 is 14.8 Å². The second kappa shape index (κ2) is 10.2. The van der Waals surface area contributed by atoms with Crippen LogP contribution in [0.2, 0.25) is 0 Å². The van der Waals surface area contributed by atoms with E-state index in [1.807, 2.05) is 0 Å². The van der Waals surface area contributed by atoms with Crippen LogP contribution in [0.5, 0.6) is 5.75 Å². The van der Waals surface area contributed by atoms with Crippen molar-refractivity contribution in [1.82, 2.24) is 5.32 Å². The summed E-state index contributed by atoms with van der Waals surface area (Å²) in [5.41, 5.74) is 1.45. The molecule has 1 aromatic carbocycles. The molecule has 3 rings (SSSR count). The summed E-state index contributed by atoms with van der Waals surface area (Å²) in [5.74, 6) is -0.313. The summed E-state index contributed by atoms with van der Waals surface area (Å²) in [5, 5.41) is 4.74. The van der Waals surface area contributed by atoms with Crippen molar-refractivity contribution < 1.29 is 32.2 Å². The smallest absolute Gasteiger partial charge is 0.466 e. The van der Waals surface area contributed by atoms with E-state index in [0.29, 0.717) is 29.5 Å². The van der Waals surface area contributed by atoms with Gasteiger partial charge in [-0.1, -0.05) is 12.1 Å². The van der Waals surface area contributed by atoms with Crippen molar-refractivity contribution in [3.8, 4) is 16.9 Å². The third-order valence-electron chi connectivity index (χ3n) is 5.26. The van der Waals surface area contributed by atoms with Gasteiger partial charge in [0.25, 0.3) is 5.91 Å².